The molecule has 1 amide bonds. The summed E-state index contributed by atoms with van der Waals surface area (Å²) in [6.07, 6.45) is 10.6. The summed E-state index contributed by atoms with van der Waals surface area (Å²) in [6.45, 7) is 5.25. The first kappa shape index (κ1) is 16.5. The molecule has 3 nitrogen and oxygen atoms in total. The van der Waals surface area contributed by atoms with Crippen LogP contribution in [0, 0.1) is 11.8 Å². The smallest absolute Gasteiger partial charge is 0.223 e. The zero-order chi connectivity index (χ0) is 14.1. The zero-order valence-electron chi connectivity index (χ0n) is 12.8. The number of unbranched alkanes of at least 4 members (excludes halogenated alkanes) is 5. The van der Waals surface area contributed by atoms with Crippen molar-refractivity contribution in [2.24, 2.45) is 17.6 Å². The highest BCUT2D eigenvalue weighted by molar-refractivity contribution is 5.78. The van der Waals surface area contributed by atoms with Crippen LogP contribution in [-0.2, 0) is 4.79 Å². The summed E-state index contributed by atoms with van der Waals surface area (Å²) in [4.78, 5) is 12.0. The standard InChI is InChI=1S/C16H32N2O/c1-3-4-5-6-7-8-11-18-16(19)14-9-10-15(17)13(2)12-14/h13-15H,3-12,17H2,1-2H3,(H,18,19). The lowest BCUT2D eigenvalue weighted by Gasteiger charge is -2.31. The third-order valence-electron chi connectivity index (χ3n) is 4.44. The second kappa shape index (κ2) is 9.35. The van der Waals surface area contributed by atoms with Gasteiger partial charge in [-0.25, -0.2) is 0 Å². The Morgan fingerprint density at radius 1 is 1.16 bits per heavy atom. The number of rotatable bonds is 8. The fourth-order valence-corrected chi connectivity index (χ4v) is 2.92. The molecule has 0 aromatic heterocycles. The van der Waals surface area contributed by atoms with E-state index in [0.717, 1.165) is 32.2 Å². The van der Waals surface area contributed by atoms with Gasteiger partial charge in [-0.3, -0.25) is 4.79 Å². The largest absolute Gasteiger partial charge is 0.356 e. The van der Waals surface area contributed by atoms with Gasteiger partial charge in [0, 0.05) is 18.5 Å². The summed E-state index contributed by atoms with van der Waals surface area (Å²) >= 11 is 0. The maximum atomic E-state index is 12.0. The molecule has 1 rings (SSSR count). The van der Waals surface area contributed by atoms with Gasteiger partial charge in [0.2, 0.25) is 5.91 Å². The third-order valence-corrected chi connectivity index (χ3v) is 4.44. The Hall–Kier alpha value is -0.570. The average molecular weight is 268 g/mol. The van der Waals surface area contributed by atoms with Crippen LogP contribution >= 0.6 is 0 Å². The Morgan fingerprint density at radius 2 is 1.84 bits per heavy atom. The molecule has 0 heterocycles. The maximum absolute atomic E-state index is 12.0. The molecular formula is C16H32N2O. The van der Waals surface area contributed by atoms with Crippen molar-refractivity contribution in [2.45, 2.75) is 77.7 Å². The molecule has 3 atom stereocenters. The number of carbonyl (C=O) groups excluding carboxylic acids is 1. The Labute approximate surface area is 118 Å². The first-order valence-corrected chi connectivity index (χ1v) is 8.18. The van der Waals surface area contributed by atoms with Gasteiger partial charge in [0.1, 0.15) is 0 Å². The van der Waals surface area contributed by atoms with Crippen LogP contribution < -0.4 is 11.1 Å². The van der Waals surface area contributed by atoms with Crippen LogP contribution in [0.3, 0.4) is 0 Å². The van der Waals surface area contributed by atoms with Crippen LogP contribution in [0.25, 0.3) is 0 Å². The van der Waals surface area contributed by atoms with Crippen molar-refractivity contribution in [3.05, 3.63) is 0 Å². The minimum Gasteiger partial charge on any atom is -0.356 e. The highest BCUT2D eigenvalue weighted by Gasteiger charge is 2.29. The molecule has 1 aliphatic carbocycles. The van der Waals surface area contributed by atoms with Gasteiger partial charge >= 0.3 is 0 Å². The zero-order valence-corrected chi connectivity index (χ0v) is 12.8. The van der Waals surface area contributed by atoms with Crippen LogP contribution in [0.2, 0.25) is 0 Å². The van der Waals surface area contributed by atoms with Gasteiger partial charge in [-0.1, -0.05) is 46.0 Å². The number of nitrogens with one attached hydrogen (secondary N) is 1. The molecule has 0 aromatic carbocycles. The van der Waals surface area contributed by atoms with Gasteiger partial charge in [0.15, 0.2) is 0 Å². The monoisotopic (exact) mass is 268 g/mol. The quantitative estimate of drug-likeness (QED) is 0.664. The predicted molar refractivity (Wildman–Crippen MR) is 80.9 cm³/mol. The van der Waals surface area contributed by atoms with E-state index in [4.69, 9.17) is 5.73 Å². The van der Waals surface area contributed by atoms with E-state index in [2.05, 4.69) is 19.2 Å². The molecule has 3 unspecified atom stereocenters. The van der Waals surface area contributed by atoms with E-state index in [-0.39, 0.29) is 11.8 Å². The number of amides is 1. The molecule has 3 heteroatoms. The predicted octanol–water partition coefficient (Wildman–Crippen LogP) is 3.23. The van der Waals surface area contributed by atoms with Crippen molar-refractivity contribution in [2.75, 3.05) is 6.54 Å². The molecule has 1 aliphatic rings. The van der Waals surface area contributed by atoms with Gasteiger partial charge < -0.3 is 11.1 Å². The molecule has 0 aromatic rings. The topological polar surface area (TPSA) is 55.1 Å². The van der Waals surface area contributed by atoms with Crippen LogP contribution in [0.15, 0.2) is 0 Å². The molecule has 19 heavy (non-hydrogen) atoms. The first-order chi connectivity index (χ1) is 9.15. The SMILES string of the molecule is CCCCCCCCNC(=O)C1CCC(N)C(C)C1. The van der Waals surface area contributed by atoms with Crippen molar-refractivity contribution in [3.8, 4) is 0 Å². The molecular weight excluding hydrogens is 236 g/mol. The lowest BCUT2D eigenvalue weighted by atomic mass is 9.79. The number of nitrogens with two attached hydrogens (primary N) is 1. The molecule has 1 saturated carbocycles. The molecule has 3 N–H and O–H groups in total. The van der Waals surface area contributed by atoms with Crippen LogP contribution in [0.4, 0.5) is 0 Å². The van der Waals surface area contributed by atoms with Gasteiger partial charge in [-0.15, -0.1) is 0 Å². The molecule has 112 valence electrons. The summed E-state index contributed by atoms with van der Waals surface area (Å²) in [6, 6.07) is 0.294. The van der Waals surface area contributed by atoms with E-state index in [1.54, 1.807) is 0 Å². The Kier molecular flexibility index (Phi) is 8.11. The summed E-state index contributed by atoms with van der Waals surface area (Å²) in [5.41, 5.74) is 5.99. The maximum Gasteiger partial charge on any atom is 0.223 e. The highest BCUT2D eigenvalue weighted by Crippen LogP contribution is 2.27. The summed E-state index contributed by atoms with van der Waals surface area (Å²) in [7, 11) is 0. The third kappa shape index (κ3) is 6.42. The van der Waals surface area contributed by atoms with E-state index < -0.39 is 0 Å². The van der Waals surface area contributed by atoms with Crippen LogP contribution in [-0.4, -0.2) is 18.5 Å². The molecule has 0 radical (unpaired) electrons. The van der Waals surface area contributed by atoms with Crippen molar-refractivity contribution < 1.29 is 4.79 Å². The fraction of sp³-hybridized carbons (Fsp3) is 0.938. The molecule has 0 spiro atoms. The van der Waals surface area contributed by atoms with Gasteiger partial charge in [-0.05, 0) is 31.6 Å². The highest BCUT2D eigenvalue weighted by atomic mass is 16.1. The number of hydrogen-bond donors (Lipinski definition) is 2. The second-order valence-corrected chi connectivity index (χ2v) is 6.21. The van der Waals surface area contributed by atoms with E-state index in [9.17, 15) is 4.79 Å². The lowest BCUT2D eigenvalue weighted by molar-refractivity contribution is -0.126. The molecule has 0 bridgehead atoms. The van der Waals surface area contributed by atoms with Crippen molar-refractivity contribution >= 4 is 5.91 Å². The summed E-state index contributed by atoms with van der Waals surface area (Å²) in [5.74, 6) is 0.945. The van der Waals surface area contributed by atoms with Gasteiger partial charge in [-0.2, -0.15) is 0 Å². The average Bonchev–Trinajstić information content (AvgIpc) is 2.40. The van der Waals surface area contributed by atoms with E-state index in [0.29, 0.717) is 12.0 Å². The fourth-order valence-electron chi connectivity index (χ4n) is 2.92. The first-order valence-electron chi connectivity index (χ1n) is 8.18. The van der Waals surface area contributed by atoms with E-state index in [1.165, 1.54) is 32.1 Å². The summed E-state index contributed by atoms with van der Waals surface area (Å²) in [5, 5.41) is 3.10. The van der Waals surface area contributed by atoms with Crippen LogP contribution in [0.5, 0.6) is 0 Å². The number of hydrogen-bond acceptors (Lipinski definition) is 2. The molecule has 0 aliphatic heterocycles. The Balaban J connectivity index is 2.04. The van der Waals surface area contributed by atoms with Gasteiger partial charge in [0.25, 0.3) is 0 Å². The lowest BCUT2D eigenvalue weighted by Crippen LogP contribution is -2.40. The second-order valence-electron chi connectivity index (χ2n) is 6.21. The minimum atomic E-state index is 0.204. The van der Waals surface area contributed by atoms with Crippen LogP contribution in [0.1, 0.15) is 71.6 Å². The van der Waals surface area contributed by atoms with E-state index >= 15 is 0 Å². The normalized spacial score (nSPS) is 27.2. The Bertz CT molecular complexity index is 255. The van der Waals surface area contributed by atoms with Gasteiger partial charge in [0.05, 0.1) is 0 Å². The van der Waals surface area contributed by atoms with Crippen molar-refractivity contribution in [3.63, 3.8) is 0 Å². The number of carbonyl (C=O) groups is 1. The van der Waals surface area contributed by atoms with Crippen molar-refractivity contribution in [1.29, 1.82) is 0 Å². The van der Waals surface area contributed by atoms with E-state index in [1.807, 2.05) is 0 Å². The van der Waals surface area contributed by atoms with Crippen molar-refractivity contribution in [1.82, 2.24) is 5.32 Å². The molecule has 0 saturated heterocycles. The Morgan fingerprint density at radius 3 is 2.53 bits per heavy atom. The minimum absolute atomic E-state index is 0.204. The molecule has 1 fully saturated rings. The summed E-state index contributed by atoms with van der Waals surface area (Å²) < 4.78 is 0.